The van der Waals surface area contributed by atoms with Crippen LogP contribution in [0, 0.1) is 0 Å². The molecule has 1 saturated heterocycles. The Morgan fingerprint density at radius 1 is 1.35 bits per heavy atom. The molecule has 0 saturated carbocycles. The van der Waals surface area contributed by atoms with Crippen LogP contribution in [-0.2, 0) is 10.2 Å². The van der Waals surface area contributed by atoms with Crippen molar-refractivity contribution in [3.05, 3.63) is 35.9 Å². The molecule has 1 atom stereocenters. The second-order valence-electron chi connectivity index (χ2n) is 5.46. The Hall–Kier alpha value is -1.39. The van der Waals surface area contributed by atoms with Gasteiger partial charge in [-0.15, -0.1) is 0 Å². The van der Waals surface area contributed by atoms with Gasteiger partial charge in [0.05, 0.1) is 18.1 Å². The maximum Gasteiger partial charge on any atom is 0.231 e. The standard InChI is InChI=1S/C16H24N2O2/c1-2-14(12-19)18-15(20)16(8-10-17-11-9-16)13-6-4-3-5-7-13/h3-7,14,17,19H,2,8-12H2,1H3,(H,18,20)/t14-/m1/s1. The third-order valence-corrected chi connectivity index (χ3v) is 4.27. The number of hydrogen-bond acceptors (Lipinski definition) is 3. The van der Waals surface area contributed by atoms with E-state index in [1.54, 1.807) is 0 Å². The van der Waals surface area contributed by atoms with Crippen molar-refractivity contribution >= 4 is 5.91 Å². The van der Waals surface area contributed by atoms with E-state index in [1.807, 2.05) is 37.3 Å². The van der Waals surface area contributed by atoms with E-state index in [0.717, 1.165) is 37.9 Å². The first-order chi connectivity index (χ1) is 9.73. The molecule has 20 heavy (non-hydrogen) atoms. The number of nitrogens with one attached hydrogen (secondary N) is 2. The molecule has 2 rings (SSSR count). The maximum atomic E-state index is 12.8. The van der Waals surface area contributed by atoms with Crippen molar-refractivity contribution < 1.29 is 9.90 Å². The van der Waals surface area contributed by atoms with E-state index in [9.17, 15) is 9.90 Å². The van der Waals surface area contributed by atoms with Gasteiger partial charge in [0, 0.05) is 0 Å². The summed E-state index contributed by atoms with van der Waals surface area (Å²) in [5.74, 6) is 0.0473. The number of hydrogen-bond donors (Lipinski definition) is 3. The zero-order valence-corrected chi connectivity index (χ0v) is 12.1. The van der Waals surface area contributed by atoms with Gasteiger partial charge >= 0.3 is 0 Å². The molecule has 3 N–H and O–H groups in total. The van der Waals surface area contributed by atoms with E-state index in [2.05, 4.69) is 10.6 Å². The Bertz CT molecular complexity index is 423. The molecular formula is C16H24N2O2. The van der Waals surface area contributed by atoms with Crippen LogP contribution in [0.4, 0.5) is 0 Å². The van der Waals surface area contributed by atoms with Crippen molar-refractivity contribution in [1.82, 2.24) is 10.6 Å². The molecule has 1 aliphatic rings. The minimum Gasteiger partial charge on any atom is -0.394 e. The minimum absolute atomic E-state index is 0.00857. The molecular weight excluding hydrogens is 252 g/mol. The molecule has 0 unspecified atom stereocenters. The van der Waals surface area contributed by atoms with Crippen LogP contribution in [0.5, 0.6) is 0 Å². The molecule has 1 aromatic rings. The van der Waals surface area contributed by atoms with Crippen LogP contribution in [-0.4, -0.2) is 36.8 Å². The maximum absolute atomic E-state index is 12.8. The molecule has 1 aromatic carbocycles. The second-order valence-corrected chi connectivity index (χ2v) is 5.46. The van der Waals surface area contributed by atoms with Crippen molar-refractivity contribution in [2.75, 3.05) is 19.7 Å². The number of rotatable bonds is 5. The predicted molar refractivity (Wildman–Crippen MR) is 79.5 cm³/mol. The number of benzene rings is 1. The van der Waals surface area contributed by atoms with Gasteiger partial charge in [-0.05, 0) is 37.9 Å². The van der Waals surface area contributed by atoms with Crippen LogP contribution in [0.15, 0.2) is 30.3 Å². The fourth-order valence-corrected chi connectivity index (χ4v) is 2.86. The van der Waals surface area contributed by atoms with Crippen LogP contribution in [0.25, 0.3) is 0 Å². The van der Waals surface area contributed by atoms with E-state index in [-0.39, 0.29) is 18.6 Å². The van der Waals surface area contributed by atoms with Gasteiger partial charge in [-0.1, -0.05) is 37.3 Å². The molecule has 1 amide bonds. The largest absolute Gasteiger partial charge is 0.394 e. The molecule has 0 spiro atoms. The lowest BCUT2D eigenvalue weighted by atomic mass is 9.72. The lowest BCUT2D eigenvalue weighted by Gasteiger charge is -2.37. The van der Waals surface area contributed by atoms with E-state index >= 15 is 0 Å². The SMILES string of the molecule is CC[C@H](CO)NC(=O)C1(c2ccccc2)CCNCC1. The van der Waals surface area contributed by atoms with Crippen molar-refractivity contribution in [1.29, 1.82) is 0 Å². The van der Waals surface area contributed by atoms with Gasteiger partial charge in [-0.3, -0.25) is 4.79 Å². The van der Waals surface area contributed by atoms with Crippen LogP contribution in [0.1, 0.15) is 31.7 Å². The molecule has 110 valence electrons. The predicted octanol–water partition coefficient (Wildman–Crippen LogP) is 1.19. The summed E-state index contributed by atoms with van der Waals surface area (Å²) in [7, 11) is 0. The Morgan fingerprint density at radius 3 is 2.55 bits per heavy atom. The van der Waals surface area contributed by atoms with Gasteiger partial charge < -0.3 is 15.7 Å². The minimum atomic E-state index is -0.463. The number of amides is 1. The van der Waals surface area contributed by atoms with Gasteiger partial charge in [-0.2, -0.15) is 0 Å². The highest BCUT2D eigenvalue weighted by Gasteiger charge is 2.41. The number of aliphatic hydroxyl groups excluding tert-OH is 1. The van der Waals surface area contributed by atoms with Crippen molar-refractivity contribution in [2.45, 2.75) is 37.6 Å². The Labute approximate surface area is 120 Å². The number of aliphatic hydroxyl groups is 1. The normalized spacial score (nSPS) is 19.3. The molecule has 4 nitrogen and oxygen atoms in total. The second kappa shape index (κ2) is 6.86. The fourth-order valence-electron chi connectivity index (χ4n) is 2.86. The molecule has 0 aromatic heterocycles. The molecule has 4 heteroatoms. The highest BCUT2D eigenvalue weighted by molar-refractivity contribution is 5.88. The third-order valence-electron chi connectivity index (χ3n) is 4.27. The fraction of sp³-hybridized carbons (Fsp3) is 0.562. The monoisotopic (exact) mass is 276 g/mol. The first-order valence-corrected chi connectivity index (χ1v) is 7.41. The van der Waals surface area contributed by atoms with Gasteiger partial charge in [0.15, 0.2) is 0 Å². The summed E-state index contributed by atoms with van der Waals surface area (Å²) >= 11 is 0. The van der Waals surface area contributed by atoms with Crippen LogP contribution in [0.2, 0.25) is 0 Å². The lowest BCUT2D eigenvalue weighted by Crippen LogP contribution is -2.53. The lowest BCUT2D eigenvalue weighted by molar-refractivity contribution is -0.129. The average Bonchev–Trinajstić information content (AvgIpc) is 2.53. The van der Waals surface area contributed by atoms with Crippen LogP contribution < -0.4 is 10.6 Å². The summed E-state index contributed by atoms with van der Waals surface area (Å²) in [6, 6.07) is 9.85. The molecule has 1 aliphatic heterocycles. The molecule has 0 radical (unpaired) electrons. The quantitative estimate of drug-likeness (QED) is 0.757. The van der Waals surface area contributed by atoms with Crippen molar-refractivity contribution in [2.24, 2.45) is 0 Å². The van der Waals surface area contributed by atoms with E-state index in [1.165, 1.54) is 0 Å². The Balaban J connectivity index is 2.25. The van der Waals surface area contributed by atoms with Crippen LogP contribution in [0.3, 0.4) is 0 Å². The topological polar surface area (TPSA) is 61.4 Å². The molecule has 1 heterocycles. The smallest absolute Gasteiger partial charge is 0.231 e. The highest BCUT2D eigenvalue weighted by Crippen LogP contribution is 2.33. The Kier molecular flexibility index (Phi) is 5.15. The first-order valence-electron chi connectivity index (χ1n) is 7.41. The van der Waals surface area contributed by atoms with E-state index < -0.39 is 5.41 Å². The molecule has 0 bridgehead atoms. The summed E-state index contributed by atoms with van der Waals surface area (Å²) in [6.07, 6.45) is 2.33. The number of carbonyl (C=O) groups is 1. The molecule has 1 fully saturated rings. The molecule has 0 aliphatic carbocycles. The highest BCUT2D eigenvalue weighted by atomic mass is 16.3. The average molecular weight is 276 g/mol. The van der Waals surface area contributed by atoms with E-state index in [4.69, 9.17) is 0 Å². The van der Waals surface area contributed by atoms with Crippen molar-refractivity contribution in [3.63, 3.8) is 0 Å². The summed E-state index contributed by atoms with van der Waals surface area (Å²) < 4.78 is 0. The first kappa shape index (κ1) is 15.0. The van der Waals surface area contributed by atoms with E-state index in [0.29, 0.717) is 0 Å². The summed E-state index contributed by atoms with van der Waals surface area (Å²) in [5, 5.41) is 15.6. The summed E-state index contributed by atoms with van der Waals surface area (Å²) in [6.45, 7) is 3.65. The third kappa shape index (κ3) is 3.02. The zero-order valence-electron chi connectivity index (χ0n) is 12.1. The van der Waals surface area contributed by atoms with Gasteiger partial charge in [0.1, 0.15) is 0 Å². The number of piperidine rings is 1. The summed E-state index contributed by atoms with van der Waals surface area (Å²) in [4.78, 5) is 12.8. The number of carbonyl (C=O) groups excluding carboxylic acids is 1. The van der Waals surface area contributed by atoms with Gasteiger partial charge in [0.2, 0.25) is 5.91 Å². The zero-order chi connectivity index (χ0) is 14.4. The summed E-state index contributed by atoms with van der Waals surface area (Å²) in [5.41, 5.74) is 0.613. The van der Waals surface area contributed by atoms with Gasteiger partial charge in [-0.25, -0.2) is 0 Å². The van der Waals surface area contributed by atoms with Crippen LogP contribution >= 0.6 is 0 Å². The van der Waals surface area contributed by atoms with Crippen molar-refractivity contribution in [3.8, 4) is 0 Å². The Morgan fingerprint density at radius 2 is 2.00 bits per heavy atom. The van der Waals surface area contributed by atoms with Gasteiger partial charge in [0.25, 0.3) is 0 Å².